The lowest BCUT2D eigenvalue weighted by Crippen LogP contribution is -2.33. The van der Waals surface area contributed by atoms with E-state index in [2.05, 4.69) is 16.4 Å². The Morgan fingerprint density at radius 2 is 2.29 bits per heavy atom. The third-order valence-corrected chi connectivity index (χ3v) is 3.42. The van der Waals surface area contributed by atoms with Crippen molar-refractivity contribution in [3.8, 4) is 17.6 Å². The molecule has 0 unspecified atom stereocenters. The van der Waals surface area contributed by atoms with Crippen LogP contribution in [0.4, 0.5) is 5.82 Å². The number of rotatable bonds is 3. The molecule has 1 N–H and O–H groups in total. The van der Waals surface area contributed by atoms with Crippen LogP contribution in [-0.2, 0) is 6.42 Å². The van der Waals surface area contributed by atoms with Crippen molar-refractivity contribution in [2.45, 2.75) is 12.5 Å². The van der Waals surface area contributed by atoms with Crippen LogP contribution in [0.2, 0.25) is 0 Å². The maximum absolute atomic E-state index is 8.77. The summed E-state index contributed by atoms with van der Waals surface area (Å²) in [4.78, 5) is 4.22. The zero-order valence-electron chi connectivity index (χ0n) is 11.7. The lowest BCUT2D eigenvalue weighted by Gasteiger charge is -2.27. The molecule has 5 nitrogen and oxygen atoms in total. The van der Waals surface area contributed by atoms with Crippen LogP contribution >= 0.6 is 0 Å². The number of fused-ring (bicyclic) bond motifs is 1. The molecule has 21 heavy (non-hydrogen) atoms. The van der Waals surface area contributed by atoms with Gasteiger partial charge in [-0.3, -0.25) is 0 Å². The lowest BCUT2D eigenvalue weighted by molar-refractivity contribution is 0.256. The molecule has 0 amide bonds. The molecule has 0 spiro atoms. The van der Waals surface area contributed by atoms with Crippen molar-refractivity contribution in [2.75, 3.05) is 19.0 Å². The standard InChI is InChI=1S/C16H15N3O2/c1-20-14-4-2-3-12-7-13(10-21-16(12)14)19-15-6-5-11(8-17)9-18-15/h2-6,9,13H,7,10H2,1H3,(H,18,19)/t13-/m0/s1. The Hall–Kier alpha value is -2.74. The molecule has 2 aromatic rings. The molecular weight excluding hydrogens is 266 g/mol. The Labute approximate surface area is 123 Å². The third-order valence-electron chi connectivity index (χ3n) is 3.42. The lowest BCUT2D eigenvalue weighted by atomic mass is 10.0. The predicted molar refractivity (Wildman–Crippen MR) is 78.6 cm³/mol. The normalized spacial score (nSPS) is 16.3. The first-order valence-electron chi connectivity index (χ1n) is 6.71. The second kappa shape index (κ2) is 5.71. The number of hydrogen-bond donors (Lipinski definition) is 1. The van der Waals surface area contributed by atoms with E-state index in [1.165, 1.54) is 0 Å². The minimum atomic E-state index is 0.144. The van der Waals surface area contributed by atoms with Crippen LogP contribution in [0.3, 0.4) is 0 Å². The number of aromatic nitrogens is 1. The molecule has 0 fully saturated rings. The largest absolute Gasteiger partial charge is 0.493 e. The summed E-state index contributed by atoms with van der Waals surface area (Å²) in [6.07, 6.45) is 2.40. The summed E-state index contributed by atoms with van der Waals surface area (Å²) in [5, 5.41) is 12.1. The first-order chi connectivity index (χ1) is 10.3. The van der Waals surface area contributed by atoms with E-state index in [-0.39, 0.29) is 6.04 Å². The number of ether oxygens (including phenoxy) is 2. The van der Waals surface area contributed by atoms with Gasteiger partial charge < -0.3 is 14.8 Å². The molecule has 0 aliphatic carbocycles. The van der Waals surface area contributed by atoms with Crippen LogP contribution in [0.5, 0.6) is 11.5 Å². The van der Waals surface area contributed by atoms with Crippen molar-refractivity contribution in [1.29, 1.82) is 5.26 Å². The maximum Gasteiger partial charge on any atom is 0.164 e. The van der Waals surface area contributed by atoms with Crippen LogP contribution in [-0.4, -0.2) is 24.7 Å². The van der Waals surface area contributed by atoms with Crippen molar-refractivity contribution in [3.63, 3.8) is 0 Å². The van der Waals surface area contributed by atoms with Gasteiger partial charge in [0.1, 0.15) is 18.5 Å². The van der Waals surface area contributed by atoms with E-state index in [4.69, 9.17) is 14.7 Å². The first-order valence-corrected chi connectivity index (χ1v) is 6.71. The highest BCUT2D eigenvalue weighted by Crippen LogP contribution is 2.34. The number of pyridine rings is 1. The van der Waals surface area contributed by atoms with Crippen LogP contribution in [0.25, 0.3) is 0 Å². The van der Waals surface area contributed by atoms with E-state index in [1.807, 2.05) is 18.2 Å². The molecule has 1 atom stereocenters. The van der Waals surface area contributed by atoms with Gasteiger partial charge in [-0.05, 0) is 24.6 Å². The molecule has 0 radical (unpaired) electrons. The molecule has 5 heteroatoms. The monoisotopic (exact) mass is 281 g/mol. The number of methoxy groups -OCH3 is 1. The number of anilines is 1. The van der Waals surface area contributed by atoms with Gasteiger partial charge in [0.15, 0.2) is 11.5 Å². The van der Waals surface area contributed by atoms with Gasteiger partial charge in [-0.25, -0.2) is 4.98 Å². The van der Waals surface area contributed by atoms with E-state index < -0.39 is 0 Å². The van der Waals surface area contributed by atoms with Gasteiger partial charge >= 0.3 is 0 Å². The van der Waals surface area contributed by atoms with Crippen LogP contribution in [0, 0.1) is 11.3 Å². The van der Waals surface area contributed by atoms with E-state index in [1.54, 1.807) is 25.4 Å². The zero-order valence-corrected chi connectivity index (χ0v) is 11.7. The van der Waals surface area contributed by atoms with Crippen molar-refractivity contribution >= 4 is 5.82 Å². The summed E-state index contributed by atoms with van der Waals surface area (Å²) >= 11 is 0. The average molecular weight is 281 g/mol. The van der Waals surface area contributed by atoms with Crippen LogP contribution < -0.4 is 14.8 Å². The van der Waals surface area contributed by atoms with Crippen molar-refractivity contribution in [2.24, 2.45) is 0 Å². The predicted octanol–water partition coefficient (Wildman–Crippen LogP) is 2.38. The van der Waals surface area contributed by atoms with Gasteiger partial charge in [0.2, 0.25) is 0 Å². The van der Waals surface area contributed by atoms with Gasteiger partial charge in [0.05, 0.1) is 18.7 Å². The maximum atomic E-state index is 8.77. The summed E-state index contributed by atoms with van der Waals surface area (Å²) in [6.45, 7) is 0.551. The Kier molecular flexibility index (Phi) is 3.61. The van der Waals surface area contributed by atoms with Gasteiger partial charge in [0, 0.05) is 11.8 Å². The molecular formula is C16H15N3O2. The molecule has 1 aromatic carbocycles. The highest BCUT2D eigenvalue weighted by Gasteiger charge is 2.22. The number of nitrogens with one attached hydrogen (secondary N) is 1. The minimum absolute atomic E-state index is 0.144. The number of hydrogen-bond acceptors (Lipinski definition) is 5. The summed E-state index contributed by atoms with van der Waals surface area (Å²) in [5.74, 6) is 2.34. The van der Waals surface area contributed by atoms with Gasteiger partial charge in [-0.2, -0.15) is 5.26 Å². The number of para-hydroxylation sites is 1. The van der Waals surface area contributed by atoms with Crippen LogP contribution in [0.15, 0.2) is 36.5 Å². The Morgan fingerprint density at radius 1 is 1.38 bits per heavy atom. The summed E-state index contributed by atoms with van der Waals surface area (Å²) in [6, 6.07) is 11.6. The first kappa shape index (κ1) is 13.3. The molecule has 3 rings (SSSR count). The highest BCUT2D eigenvalue weighted by molar-refractivity contribution is 5.49. The minimum Gasteiger partial charge on any atom is -0.493 e. The SMILES string of the molecule is COc1cccc2c1OC[C@@H](Nc1ccc(C#N)cn1)C2. The fraction of sp³-hybridized carbons (Fsp3) is 0.250. The fourth-order valence-corrected chi connectivity index (χ4v) is 2.40. The zero-order chi connectivity index (χ0) is 14.7. The second-order valence-corrected chi connectivity index (χ2v) is 4.85. The molecule has 106 valence electrons. The summed E-state index contributed by atoms with van der Waals surface area (Å²) in [7, 11) is 1.64. The quantitative estimate of drug-likeness (QED) is 0.935. The van der Waals surface area contributed by atoms with E-state index >= 15 is 0 Å². The topological polar surface area (TPSA) is 67.2 Å². The Morgan fingerprint density at radius 3 is 3.00 bits per heavy atom. The van der Waals surface area contributed by atoms with Gasteiger partial charge in [-0.1, -0.05) is 12.1 Å². The average Bonchev–Trinajstić information content (AvgIpc) is 2.54. The van der Waals surface area contributed by atoms with E-state index in [0.29, 0.717) is 12.2 Å². The third kappa shape index (κ3) is 2.75. The smallest absolute Gasteiger partial charge is 0.164 e. The molecule has 2 heterocycles. The Bertz CT molecular complexity index is 677. The van der Waals surface area contributed by atoms with Crippen molar-refractivity contribution in [3.05, 3.63) is 47.7 Å². The Balaban J connectivity index is 1.73. The number of nitriles is 1. The van der Waals surface area contributed by atoms with Crippen LogP contribution in [0.1, 0.15) is 11.1 Å². The molecule has 1 aliphatic rings. The summed E-state index contributed by atoms with van der Waals surface area (Å²) in [5.41, 5.74) is 1.67. The van der Waals surface area contributed by atoms with Gasteiger partial charge in [0.25, 0.3) is 0 Å². The molecule has 1 aliphatic heterocycles. The summed E-state index contributed by atoms with van der Waals surface area (Å²) < 4.78 is 11.1. The number of nitrogens with zero attached hydrogens (tertiary/aromatic N) is 2. The fourth-order valence-electron chi connectivity index (χ4n) is 2.40. The molecule has 0 bridgehead atoms. The van der Waals surface area contributed by atoms with E-state index in [0.717, 1.165) is 29.3 Å². The molecule has 0 saturated carbocycles. The number of benzene rings is 1. The van der Waals surface area contributed by atoms with E-state index in [9.17, 15) is 0 Å². The second-order valence-electron chi connectivity index (χ2n) is 4.85. The molecule has 0 saturated heterocycles. The van der Waals surface area contributed by atoms with Crippen molar-refractivity contribution < 1.29 is 9.47 Å². The molecule has 1 aromatic heterocycles. The van der Waals surface area contributed by atoms with Crippen molar-refractivity contribution in [1.82, 2.24) is 4.98 Å². The highest BCUT2D eigenvalue weighted by atomic mass is 16.5. The van der Waals surface area contributed by atoms with Gasteiger partial charge in [-0.15, -0.1) is 0 Å².